The molecule has 2 aromatic rings. The molecule has 1 aliphatic heterocycles. The third kappa shape index (κ3) is 4.07. The highest BCUT2D eigenvalue weighted by Crippen LogP contribution is 2.15. The average Bonchev–Trinajstić information content (AvgIpc) is 2.60. The Bertz CT molecular complexity index is 624. The van der Waals surface area contributed by atoms with Crippen molar-refractivity contribution in [2.45, 2.75) is 6.42 Å². The van der Waals surface area contributed by atoms with Gasteiger partial charge >= 0.3 is 0 Å². The minimum atomic E-state index is 0.272. The van der Waals surface area contributed by atoms with Crippen LogP contribution < -0.4 is 16.0 Å². The zero-order valence-corrected chi connectivity index (χ0v) is 13.4. The number of nitrogens with two attached hydrogens (primary N) is 1. The van der Waals surface area contributed by atoms with E-state index in [-0.39, 0.29) is 5.95 Å². The molecule has 0 aliphatic carbocycles. The summed E-state index contributed by atoms with van der Waals surface area (Å²) in [7, 11) is 1.78. The molecule has 1 aliphatic rings. The van der Waals surface area contributed by atoms with Crippen LogP contribution in [0.15, 0.2) is 30.3 Å². The van der Waals surface area contributed by atoms with Gasteiger partial charge in [-0.05, 0) is 12.1 Å². The van der Waals surface area contributed by atoms with Gasteiger partial charge in [-0.25, -0.2) is 0 Å². The molecule has 23 heavy (non-hydrogen) atoms. The molecule has 1 fully saturated rings. The quantitative estimate of drug-likeness (QED) is 0.847. The first kappa shape index (κ1) is 15.5. The number of rotatable bonds is 5. The lowest BCUT2D eigenvalue weighted by Crippen LogP contribution is -2.47. The second-order valence-electron chi connectivity index (χ2n) is 5.60. The summed E-state index contributed by atoms with van der Waals surface area (Å²) in [6.45, 7) is 5.13. The number of aromatic nitrogens is 3. The lowest BCUT2D eigenvalue weighted by Gasteiger charge is -2.36. The predicted molar refractivity (Wildman–Crippen MR) is 92.6 cm³/mol. The van der Waals surface area contributed by atoms with E-state index in [2.05, 4.69) is 60.4 Å². The Kier molecular flexibility index (Phi) is 4.87. The molecule has 0 bridgehead atoms. The van der Waals surface area contributed by atoms with Gasteiger partial charge in [0.2, 0.25) is 11.9 Å². The van der Waals surface area contributed by atoms with Crippen molar-refractivity contribution in [2.24, 2.45) is 0 Å². The minimum absolute atomic E-state index is 0.272. The maximum atomic E-state index is 5.70. The molecular formula is C16H23N7. The van der Waals surface area contributed by atoms with Gasteiger partial charge in [0, 0.05) is 51.9 Å². The second kappa shape index (κ2) is 7.23. The summed E-state index contributed by atoms with van der Waals surface area (Å²) in [4.78, 5) is 17.4. The van der Waals surface area contributed by atoms with Gasteiger partial charge in [-0.15, -0.1) is 0 Å². The molecule has 0 saturated carbocycles. The monoisotopic (exact) mass is 313 g/mol. The van der Waals surface area contributed by atoms with Crippen LogP contribution in [0.4, 0.5) is 17.6 Å². The van der Waals surface area contributed by atoms with E-state index >= 15 is 0 Å². The van der Waals surface area contributed by atoms with Crippen molar-refractivity contribution in [1.29, 1.82) is 0 Å². The summed E-state index contributed by atoms with van der Waals surface area (Å²) in [6.07, 6.45) is 0.784. The molecule has 0 radical (unpaired) electrons. The van der Waals surface area contributed by atoms with E-state index in [1.54, 1.807) is 7.05 Å². The molecule has 0 unspecified atom stereocenters. The fourth-order valence-electron chi connectivity index (χ4n) is 2.79. The van der Waals surface area contributed by atoms with Crippen LogP contribution in [0.1, 0.15) is 5.82 Å². The Morgan fingerprint density at radius 3 is 2.48 bits per heavy atom. The highest BCUT2D eigenvalue weighted by atomic mass is 15.3. The van der Waals surface area contributed by atoms with E-state index in [1.807, 2.05) is 0 Å². The summed E-state index contributed by atoms with van der Waals surface area (Å²) in [5, 5.41) is 2.91. The van der Waals surface area contributed by atoms with E-state index in [0.717, 1.165) is 45.0 Å². The van der Waals surface area contributed by atoms with Crippen LogP contribution in [0.2, 0.25) is 0 Å². The summed E-state index contributed by atoms with van der Waals surface area (Å²) in [6, 6.07) is 10.6. The van der Waals surface area contributed by atoms with Gasteiger partial charge in [0.05, 0.1) is 0 Å². The van der Waals surface area contributed by atoms with Crippen LogP contribution in [-0.2, 0) is 6.42 Å². The highest BCUT2D eigenvalue weighted by Gasteiger charge is 2.17. The molecule has 1 aromatic carbocycles. The number of para-hydroxylation sites is 1. The van der Waals surface area contributed by atoms with E-state index in [1.165, 1.54) is 5.69 Å². The topological polar surface area (TPSA) is 83.2 Å². The van der Waals surface area contributed by atoms with Crippen molar-refractivity contribution >= 4 is 17.6 Å². The van der Waals surface area contributed by atoms with Crippen molar-refractivity contribution in [3.63, 3.8) is 0 Å². The predicted octanol–water partition coefficient (Wildman–Crippen LogP) is 0.860. The first-order valence-corrected chi connectivity index (χ1v) is 7.95. The van der Waals surface area contributed by atoms with Crippen LogP contribution in [0, 0.1) is 0 Å². The zero-order chi connectivity index (χ0) is 16.1. The Hall–Kier alpha value is -2.41. The number of nitrogen functional groups attached to an aromatic ring is 1. The number of anilines is 3. The van der Waals surface area contributed by atoms with Gasteiger partial charge < -0.3 is 16.0 Å². The summed E-state index contributed by atoms with van der Waals surface area (Å²) in [5.41, 5.74) is 7.01. The smallest absolute Gasteiger partial charge is 0.227 e. The first-order chi connectivity index (χ1) is 11.2. The third-order valence-corrected chi connectivity index (χ3v) is 4.07. The summed E-state index contributed by atoms with van der Waals surface area (Å²) in [5.74, 6) is 1.54. The molecule has 1 aromatic heterocycles. The van der Waals surface area contributed by atoms with Crippen LogP contribution in [0.5, 0.6) is 0 Å². The van der Waals surface area contributed by atoms with Crippen LogP contribution in [0.3, 0.4) is 0 Å². The molecule has 0 amide bonds. The molecule has 7 heteroatoms. The second-order valence-corrected chi connectivity index (χ2v) is 5.60. The summed E-state index contributed by atoms with van der Waals surface area (Å²) >= 11 is 0. The molecule has 0 spiro atoms. The van der Waals surface area contributed by atoms with Crippen molar-refractivity contribution in [3.05, 3.63) is 36.2 Å². The van der Waals surface area contributed by atoms with E-state index in [4.69, 9.17) is 5.73 Å². The van der Waals surface area contributed by atoms with Gasteiger partial charge in [0.15, 0.2) is 0 Å². The zero-order valence-electron chi connectivity index (χ0n) is 13.4. The normalized spacial score (nSPS) is 15.6. The first-order valence-electron chi connectivity index (χ1n) is 7.95. The van der Waals surface area contributed by atoms with Gasteiger partial charge in [-0.1, -0.05) is 18.2 Å². The van der Waals surface area contributed by atoms with Gasteiger partial charge in [-0.3, -0.25) is 4.90 Å². The number of benzene rings is 1. The van der Waals surface area contributed by atoms with Gasteiger partial charge in [0.25, 0.3) is 0 Å². The highest BCUT2D eigenvalue weighted by molar-refractivity contribution is 5.46. The largest absolute Gasteiger partial charge is 0.369 e. The van der Waals surface area contributed by atoms with E-state index < -0.39 is 0 Å². The van der Waals surface area contributed by atoms with Gasteiger partial charge in [-0.2, -0.15) is 15.0 Å². The average molecular weight is 313 g/mol. The maximum absolute atomic E-state index is 5.70. The van der Waals surface area contributed by atoms with Crippen LogP contribution in [-0.4, -0.2) is 59.6 Å². The maximum Gasteiger partial charge on any atom is 0.227 e. The van der Waals surface area contributed by atoms with E-state index in [9.17, 15) is 0 Å². The Morgan fingerprint density at radius 2 is 1.78 bits per heavy atom. The van der Waals surface area contributed by atoms with Crippen molar-refractivity contribution in [1.82, 2.24) is 19.9 Å². The molecule has 7 nitrogen and oxygen atoms in total. The van der Waals surface area contributed by atoms with Crippen LogP contribution >= 0.6 is 0 Å². The molecule has 1 saturated heterocycles. The van der Waals surface area contributed by atoms with Gasteiger partial charge in [0.1, 0.15) is 5.82 Å². The van der Waals surface area contributed by atoms with Crippen molar-refractivity contribution in [3.8, 4) is 0 Å². The Morgan fingerprint density at radius 1 is 1.04 bits per heavy atom. The number of hydrogen-bond acceptors (Lipinski definition) is 7. The Balaban J connectivity index is 1.50. The Labute approximate surface area is 136 Å². The van der Waals surface area contributed by atoms with Crippen LogP contribution in [0.25, 0.3) is 0 Å². The lowest BCUT2D eigenvalue weighted by atomic mass is 10.2. The number of nitrogens with zero attached hydrogens (tertiary/aromatic N) is 5. The molecule has 3 N–H and O–H groups in total. The van der Waals surface area contributed by atoms with E-state index in [0.29, 0.717) is 5.95 Å². The fraction of sp³-hybridized carbons (Fsp3) is 0.438. The number of nitrogens with one attached hydrogen (secondary N) is 1. The molecular weight excluding hydrogens is 290 g/mol. The molecule has 0 atom stereocenters. The molecule has 122 valence electrons. The number of hydrogen-bond donors (Lipinski definition) is 2. The molecule has 3 rings (SSSR count). The summed E-state index contributed by atoms with van der Waals surface area (Å²) < 4.78 is 0. The number of piperazine rings is 1. The minimum Gasteiger partial charge on any atom is -0.369 e. The lowest BCUT2D eigenvalue weighted by molar-refractivity contribution is 0.259. The SMILES string of the molecule is CNc1nc(N)nc(CCN2CCN(c3ccccc3)CC2)n1. The van der Waals surface area contributed by atoms with Crippen molar-refractivity contribution in [2.75, 3.05) is 55.7 Å². The standard InChI is InChI=1S/C16H23N7/c1-18-16-20-14(19-15(17)21-16)7-8-22-9-11-23(12-10-22)13-5-3-2-4-6-13/h2-6H,7-12H2,1H3,(H3,17,18,19,20,21). The molecule has 2 heterocycles. The third-order valence-electron chi connectivity index (χ3n) is 4.07. The van der Waals surface area contributed by atoms with Crippen molar-refractivity contribution < 1.29 is 0 Å². The fourth-order valence-corrected chi connectivity index (χ4v) is 2.79.